The van der Waals surface area contributed by atoms with Crippen molar-refractivity contribution in [2.75, 3.05) is 11.5 Å². The molecule has 4 N–H and O–H groups in total. The van der Waals surface area contributed by atoms with Crippen LogP contribution in [0.25, 0.3) is 0 Å². The monoisotopic (exact) mass is 289 g/mol. The Morgan fingerprint density at radius 1 is 1.50 bits per heavy atom. The Morgan fingerprint density at radius 3 is 2.72 bits per heavy atom. The second kappa shape index (κ2) is 6.99. The lowest BCUT2D eigenvalue weighted by Gasteiger charge is -2.19. The molecule has 0 heterocycles. The van der Waals surface area contributed by atoms with Crippen molar-refractivity contribution in [3.8, 4) is 0 Å². The molecule has 0 saturated carbocycles. The summed E-state index contributed by atoms with van der Waals surface area (Å²) < 4.78 is 0. The molecule has 2 atom stereocenters. The lowest BCUT2D eigenvalue weighted by molar-refractivity contribution is -0.109. The van der Waals surface area contributed by atoms with Crippen molar-refractivity contribution in [2.45, 2.75) is 25.6 Å². The number of aliphatic hydroxyl groups is 2. The molecular formula is C12H16ClNO3S. The summed E-state index contributed by atoms with van der Waals surface area (Å²) in [6, 6.07) is 4.72. The molecule has 0 fully saturated rings. The minimum atomic E-state index is -1.08. The Balaban J connectivity index is 2.62. The van der Waals surface area contributed by atoms with E-state index < -0.39 is 12.2 Å². The summed E-state index contributed by atoms with van der Waals surface area (Å²) >= 11 is 7.06. The SMILES string of the molecule is CC(=O)SCCC(O)C(O)c1ccc(N)cc1Cl. The first-order chi connectivity index (χ1) is 8.41. The van der Waals surface area contributed by atoms with Gasteiger partial charge in [0.25, 0.3) is 0 Å². The molecule has 0 saturated heterocycles. The molecular weight excluding hydrogens is 274 g/mol. The van der Waals surface area contributed by atoms with Crippen molar-refractivity contribution in [3.05, 3.63) is 28.8 Å². The van der Waals surface area contributed by atoms with Crippen LogP contribution in [0.15, 0.2) is 18.2 Å². The summed E-state index contributed by atoms with van der Waals surface area (Å²) in [5.41, 5.74) is 6.48. The van der Waals surface area contributed by atoms with Crippen molar-refractivity contribution in [1.82, 2.24) is 0 Å². The van der Waals surface area contributed by atoms with E-state index in [1.165, 1.54) is 13.0 Å². The van der Waals surface area contributed by atoms with Crippen LogP contribution < -0.4 is 5.73 Å². The van der Waals surface area contributed by atoms with E-state index in [9.17, 15) is 15.0 Å². The van der Waals surface area contributed by atoms with Gasteiger partial charge in [-0.3, -0.25) is 4.79 Å². The summed E-state index contributed by atoms with van der Waals surface area (Å²) in [6.45, 7) is 1.46. The van der Waals surface area contributed by atoms with Crippen molar-refractivity contribution in [1.29, 1.82) is 0 Å². The fourth-order valence-electron chi connectivity index (χ4n) is 1.47. The van der Waals surface area contributed by atoms with Gasteiger partial charge in [0.15, 0.2) is 5.12 Å². The number of nitrogens with two attached hydrogens (primary N) is 1. The van der Waals surface area contributed by atoms with Gasteiger partial charge in [-0.1, -0.05) is 29.4 Å². The summed E-state index contributed by atoms with van der Waals surface area (Å²) in [6.07, 6.45) is -1.73. The molecule has 0 spiro atoms. The van der Waals surface area contributed by atoms with E-state index >= 15 is 0 Å². The van der Waals surface area contributed by atoms with Gasteiger partial charge in [-0.15, -0.1) is 0 Å². The Kier molecular flexibility index (Phi) is 5.95. The number of thioether (sulfide) groups is 1. The number of halogens is 1. The molecule has 1 aromatic carbocycles. The zero-order valence-corrected chi connectivity index (χ0v) is 11.5. The third-order valence-corrected chi connectivity index (χ3v) is 3.60. The molecule has 0 bridgehead atoms. The second-order valence-electron chi connectivity index (χ2n) is 3.92. The largest absolute Gasteiger partial charge is 0.399 e. The minimum absolute atomic E-state index is 0.0118. The van der Waals surface area contributed by atoms with Crippen LogP contribution in [0.3, 0.4) is 0 Å². The lowest BCUT2D eigenvalue weighted by atomic mass is 10.0. The van der Waals surface area contributed by atoms with Gasteiger partial charge >= 0.3 is 0 Å². The molecule has 0 aliphatic rings. The van der Waals surface area contributed by atoms with Gasteiger partial charge in [0.05, 0.1) is 6.10 Å². The quantitative estimate of drug-likeness (QED) is 0.722. The molecule has 1 rings (SSSR count). The Morgan fingerprint density at radius 2 is 2.17 bits per heavy atom. The fourth-order valence-corrected chi connectivity index (χ4v) is 2.42. The highest BCUT2D eigenvalue weighted by molar-refractivity contribution is 8.13. The summed E-state index contributed by atoms with van der Waals surface area (Å²) in [4.78, 5) is 10.7. The molecule has 0 aromatic heterocycles. The van der Waals surface area contributed by atoms with Crippen molar-refractivity contribution >= 4 is 34.2 Å². The van der Waals surface area contributed by atoms with Gasteiger partial charge in [-0.25, -0.2) is 0 Å². The number of benzene rings is 1. The Labute approximate surface area is 115 Å². The molecule has 1 aromatic rings. The molecule has 18 heavy (non-hydrogen) atoms. The maximum Gasteiger partial charge on any atom is 0.185 e. The van der Waals surface area contributed by atoms with Crippen LogP contribution in [0, 0.1) is 0 Å². The van der Waals surface area contributed by atoms with E-state index in [2.05, 4.69) is 0 Å². The first-order valence-corrected chi connectivity index (χ1v) is 6.82. The van der Waals surface area contributed by atoms with E-state index in [4.69, 9.17) is 17.3 Å². The van der Waals surface area contributed by atoms with Gasteiger partial charge in [0, 0.05) is 29.0 Å². The number of aliphatic hydroxyl groups excluding tert-OH is 2. The third kappa shape index (κ3) is 4.49. The van der Waals surface area contributed by atoms with E-state index in [1.807, 2.05) is 0 Å². The van der Waals surface area contributed by atoms with Crippen LogP contribution in [0.1, 0.15) is 25.0 Å². The molecule has 2 unspecified atom stereocenters. The van der Waals surface area contributed by atoms with Crippen LogP contribution in [0.4, 0.5) is 5.69 Å². The summed E-state index contributed by atoms with van der Waals surface area (Å²) in [5, 5.41) is 20.1. The summed E-state index contributed by atoms with van der Waals surface area (Å²) in [5.74, 6) is 0.458. The first kappa shape index (κ1) is 15.3. The van der Waals surface area contributed by atoms with Gasteiger partial charge in [0.1, 0.15) is 6.10 Å². The molecule has 0 aliphatic heterocycles. The molecule has 0 aliphatic carbocycles. The topological polar surface area (TPSA) is 83.5 Å². The van der Waals surface area contributed by atoms with Crippen LogP contribution >= 0.6 is 23.4 Å². The number of anilines is 1. The lowest BCUT2D eigenvalue weighted by Crippen LogP contribution is -2.19. The number of nitrogen functional groups attached to an aromatic ring is 1. The molecule has 6 heteroatoms. The molecule has 100 valence electrons. The van der Waals surface area contributed by atoms with E-state index in [0.717, 1.165) is 11.8 Å². The maximum atomic E-state index is 10.7. The number of carbonyl (C=O) groups excluding carboxylic acids is 1. The minimum Gasteiger partial charge on any atom is -0.399 e. The summed E-state index contributed by atoms with van der Waals surface area (Å²) in [7, 11) is 0. The standard InChI is InChI=1S/C12H16ClNO3S/c1-7(15)18-5-4-11(16)12(17)9-3-2-8(14)6-10(9)13/h2-3,6,11-12,16-17H,4-5,14H2,1H3. The Hall–Kier alpha value is -0.750. The Bertz CT molecular complexity index is 428. The van der Waals surface area contributed by atoms with Gasteiger partial charge < -0.3 is 15.9 Å². The van der Waals surface area contributed by atoms with E-state index in [0.29, 0.717) is 28.4 Å². The predicted molar refractivity (Wildman–Crippen MR) is 74.6 cm³/mol. The van der Waals surface area contributed by atoms with Crippen molar-refractivity contribution < 1.29 is 15.0 Å². The second-order valence-corrected chi connectivity index (χ2v) is 5.60. The highest BCUT2D eigenvalue weighted by Crippen LogP contribution is 2.28. The zero-order chi connectivity index (χ0) is 13.7. The predicted octanol–water partition coefficient (Wildman–Crippen LogP) is 1.99. The van der Waals surface area contributed by atoms with Gasteiger partial charge in [0.2, 0.25) is 0 Å². The average molecular weight is 290 g/mol. The molecule has 0 amide bonds. The van der Waals surface area contributed by atoms with E-state index in [1.54, 1.807) is 12.1 Å². The van der Waals surface area contributed by atoms with Crippen molar-refractivity contribution in [2.24, 2.45) is 0 Å². The molecule has 0 radical (unpaired) electrons. The maximum absolute atomic E-state index is 10.7. The van der Waals surface area contributed by atoms with Gasteiger partial charge in [-0.2, -0.15) is 0 Å². The number of carbonyl (C=O) groups is 1. The van der Waals surface area contributed by atoms with Crippen LogP contribution in [0.5, 0.6) is 0 Å². The third-order valence-electron chi connectivity index (χ3n) is 2.43. The number of hydrogen-bond donors (Lipinski definition) is 3. The first-order valence-electron chi connectivity index (χ1n) is 5.46. The van der Waals surface area contributed by atoms with Gasteiger partial charge in [-0.05, 0) is 18.6 Å². The fraction of sp³-hybridized carbons (Fsp3) is 0.417. The average Bonchev–Trinajstić information content (AvgIpc) is 2.27. The van der Waals surface area contributed by atoms with Crippen LogP contribution in [0.2, 0.25) is 5.02 Å². The van der Waals surface area contributed by atoms with Crippen LogP contribution in [-0.4, -0.2) is 27.2 Å². The highest BCUT2D eigenvalue weighted by Gasteiger charge is 2.20. The van der Waals surface area contributed by atoms with Crippen LogP contribution in [-0.2, 0) is 4.79 Å². The van der Waals surface area contributed by atoms with E-state index in [-0.39, 0.29) is 5.12 Å². The zero-order valence-electron chi connectivity index (χ0n) is 9.97. The smallest absolute Gasteiger partial charge is 0.185 e. The normalized spacial score (nSPS) is 14.2. The number of rotatable bonds is 5. The number of hydrogen-bond acceptors (Lipinski definition) is 5. The highest BCUT2D eigenvalue weighted by atomic mass is 35.5. The molecule has 4 nitrogen and oxygen atoms in total. The van der Waals surface area contributed by atoms with Crippen molar-refractivity contribution in [3.63, 3.8) is 0 Å².